The number of hydrogen-bond acceptors (Lipinski definition) is 7. The van der Waals surface area contributed by atoms with Gasteiger partial charge in [0.25, 0.3) is 5.91 Å². The van der Waals surface area contributed by atoms with Crippen molar-refractivity contribution in [2.45, 2.75) is 30.9 Å². The summed E-state index contributed by atoms with van der Waals surface area (Å²) < 4.78 is 0. The molecule has 4 rings (SSSR count). The van der Waals surface area contributed by atoms with E-state index in [1.54, 1.807) is 31.1 Å². The number of primary amides is 1. The summed E-state index contributed by atoms with van der Waals surface area (Å²) in [6, 6.07) is 4.23. The second-order valence-corrected chi connectivity index (χ2v) is 8.52. The van der Waals surface area contributed by atoms with Crippen molar-refractivity contribution in [3.8, 4) is 5.75 Å². The maximum Gasteiger partial charge on any atom is 0.255 e. The quantitative estimate of drug-likeness (QED) is 0.506. The molecule has 0 aromatic heterocycles. The van der Waals surface area contributed by atoms with Gasteiger partial charge < -0.3 is 21.1 Å². The van der Waals surface area contributed by atoms with Crippen LogP contribution >= 0.6 is 0 Å². The van der Waals surface area contributed by atoms with Gasteiger partial charge >= 0.3 is 0 Å². The van der Waals surface area contributed by atoms with E-state index in [9.17, 15) is 29.7 Å². The van der Waals surface area contributed by atoms with Crippen molar-refractivity contribution in [2.24, 2.45) is 23.5 Å². The molecule has 29 heavy (non-hydrogen) atoms. The Labute approximate surface area is 167 Å². The van der Waals surface area contributed by atoms with Gasteiger partial charge in [0.2, 0.25) is 0 Å². The number of benzene rings is 1. The van der Waals surface area contributed by atoms with E-state index >= 15 is 0 Å². The number of nitrogens with two attached hydrogens (primary N) is 1. The average molecular weight is 400 g/mol. The highest BCUT2D eigenvalue weighted by Gasteiger charge is 2.64. The first-order chi connectivity index (χ1) is 13.6. The van der Waals surface area contributed by atoms with Gasteiger partial charge in [0.15, 0.2) is 17.2 Å². The first-order valence-electron chi connectivity index (χ1n) is 9.59. The van der Waals surface area contributed by atoms with Crippen molar-refractivity contribution >= 4 is 17.5 Å². The molecular formula is C21H24N2O6. The molecule has 0 aliphatic heterocycles. The summed E-state index contributed by atoms with van der Waals surface area (Å²) in [7, 11) is 3.24. The lowest BCUT2D eigenvalue weighted by molar-refractivity contribution is -0.166. The van der Waals surface area contributed by atoms with Crippen LogP contribution in [0.3, 0.4) is 0 Å². The number of fused-ring (bicyclic) bond motifs is 3. The zero-order valence-electron chi connectivity index (χ0n) is 16.3. The molecule has 0 heterocycles. The molecule has 3 aliphatic carbocycles. The van der Waals surface area contributed by atoms with Crippen LogP contribution in [-0.4, -0.2) is 63.4 Å². The van der Waals surface area contributed by atoms with Crippen molar-refractivity contribution in [1.29, 1.82) is 0 Å². The molecule has 154 valence electrons. The van der Waals surface area contributed by atoms with E-state index in [1.807, 2.05) is 6.07 Å². The summed E-state index contributed by atoms with van der Waals surface area (Å²) in [6.45, 7) is 0. The Morgan fingerprint density at radius 2 is 1.90 bits per heavy atom. The topological polar surface area (TPSA) is 141 Å². The average Bonchev–Trinajstić information content (AvgIpc) is 2.64. The molecule has 1 aromatic carbocycles. The molecule has 1 amide bonds. The highest BCUT2D eigenvalue weighted by molar-refractivity contribution is 6.23. The number of carbonyl (C=O) groups is 3. The molecular weight excluding hydrogens is 376 g/mol. The van der Waals surface area contributed by atoms with Crippen molar-refractivity contribution in [3.63, 3.8) is 0 Å². The van der Waals surface area contributed by atoms with E-state index in [4.69, 9.17) is 5.73 Å². The number of nitrogens with zero attached hydrogens (tertiary/aromatic N) is 1. The zero-order valence-corrected chi connectivity index (χ0v) is 16.3. The Hall–Kier alpha value is -2.71. The number of phenolic OH excluding ortho intramolecular Hbond substituents is 1. The Morgan fingerprint density at radius 1 is 1.21 bits per heavy atom. The minimum atomic E-state index is -2.36. The largest absolute Gasteiger partial charge is 0.508 e. The zero-order chi connectivity index (χ0) is 21.2. The standard InChI is InChI=1S/C21H24N2O6/c1-23(2)16-13-7-10-6-9-4-3-5-14(24)11(9)8-12(10)18(26)21(13,29)19(27)15(17(16)25)20(22)28/h3-5,10,12-13,16,24,27,29H,6-8H2,1-2H3,(H2,22,28)/t10-,12?,13-,16-,21-/m0/s1. The number of ketones is 2. The lowest BCUT2D eigenvalue weighted by atomic mass is 9.55. The summed E-state index contributed by atoms with van der Waals surface area (Å²) in [5.41, 5.74) is 3.81. The van der Waals surface area contributed by atoms with Gasteiger partial charge in [0.05, 0.1) is 6.04 Å². The summed E-state index contributed by atoms with van der Waals surface area (Å²) in [5, 5.41) is 32.3. The Kier molecular flexibility index (Phi) is 4.32. The van der Waals surface area contributed by atoms with Crippen molar-refractivity contribution in [1.82, 2.24) is 4.90 Å². The number of aromatic hydroxyl groups is 1. The lowest BCUT2D eigenvalue weighted by Gasteiger charge is -2.52. The van der Waals surface area contributed by atoms with E-state index in [0.29, 0.717) is 18.4 Å². The van der Waals surface area contributed by atoms with Crippen LogP contribution in [0.1, 0.15) is 17.5 Å². The van der Waals surface area contributed by atoms with Gasteiger partial charge in [0.1, 0.15) is 17.1 Å². The predicted molar refractivity (Wildman–Crippen MR) is 102 cm³/mol. The number of phenols is 1. The van der Waals surface area contributed by atoms with Crippen LogP contribution in [0.15, 0.2) is 29.5 Å². The van der Waals surface area contributed by atoms with Gasteiger partial charge in [0, 0.05) is 11.8 Å². The Morgan fingerprint density at radius 3 is 2.52 bits per heavy atom. The second-order valence-electron chi connectivity index (χ2n) is 8.52. The fourth-order valence-electron chi connectivity index (χ4n) is 5.50. The van der Waals surface area contributed by atoms with Crippen molar-refractivity contribution in [2.75, 3.05) is 14.1 Å². The van der Waals surface area contributed by atoms with Crippen molar-refractivity contribution in [3.05, 3.63) is 40.7 Å². The summed E-state index contributed by atoms with van der Waals surface area (Å²) in [4.78, 5) is 39.8. The maximum absolute atomic E-state index is 13.5. The minimum Gasteiger partial charge on any atom is -0.508 e. The number of rotatable bonds is 2. The van der Waals surface area contributed by atoms with E-state index < -0.39 is 52.3 Å². The number of aliphatic hydroxyl groups is 2. The number of amides is 1. The first kappa shape index (κ1) is 19.6. The normalized spacial score (nSPS) is 33.9. The molecule has 5 N–H and O–H groups in total. The SMILES string of the molecule is CN(C)[C@@H]1C(=O)C(C(N)=O)=C(O)[C@@]2(O)C(=O)C3Cc4c(O)cccc4C[C@H]3C[C@@H]12. The Balaban J connectivity index is 1.86. The van der Waals surface area contributed by atoms with Gasteiger partial charge in [-0.15, -0.1) is 0 Å². The van der Waals surface area contributed by atoms with Gasteiger partial charge in [-0.25, -0.2) is 0 Å². The number of Topliss-reactive ketones (excluding diaryl/α,β-unsaturated/α-hetero) is 2. The predicted octanol–water partition coefficient (Wildman–Crippen LogP) is -0.146. The van der Waals surface area contributed by atoms with Gasteiger partial charge in [-0.05, 0) is 56.5 Å². The number of likely N-dealkylation sites (N-methyl/N-ethyl adjacent to an activating group) is 1. The lowest BCUT2D eigenvalue weighted by Crippen LogP contribution is -2.67. The molecule has 1 unspecified atom stereocenters. The highest BCUT2D eigenvalue weighted by atomic mass is 16.3. The monoisotopic (exact) mass is 400 g/mol. The molecule has 1 fully saturated rings. The van der Waals surface area contributed by atoms with Crippen LogP contribution in [0.25, 0.3) is 0 Å². The van der Waals surface area contributed by atoms with Gasteiger partial charge in [-0.3, -0.25) is 19.3 Å². The van der Waals surface area contributed by atoms with Crippen LogP contribution < -0.4 is 5.73 Å². The Bertz CT molecular complexity index is 968. The molecule has 0 spiro atoms. The molecule has 8 heteroatoms. The van der Waals surface area contributed by atoms with Crippen LogP contribution in [0.5, 0.6) is 5.75 Å². The minimum absolute atomic E-state index is 0.0884. The van der Waals surface area contributed by atoms with E-state index in [2.05, 4.69) is 0 Å². The molecule has 5 atom stereocenters. The molecule has 0 saturated heterocycles. The molecule has 8 nitrogen and oxygen atoms in total. The third-order valence-electron chi connectivity index (χ3n) is 6.83. The van der Waals surface area contributed by atoms with Crippen LogP contribution in [-0.2, 0) is 27.2 Å². The number of hydrogen-bond donors (Lipinski definition) is 4. The smallest absolute Gasteiger partial charge is 0.255 e. The van der Waals surface area contributed by atoms with E-state index in [-0.39, 0.29) is 18.1 Å². The van der Waals surface area contributed by atoms with E-state index in [1.165, 1.54) is 0 Å². The molecule has 0 bridgehead atoms. The molecule has 1 aromatic rings. The molecule has 1 saturated carbocycles. The second kappa shape index (κ2) is 6.40. The summed E-state index contributed by atoms with van der Waals surface area (Å²) in [5.74, 6) is -5.05. The van der Waals surface area contributed by atoms with Gasteiger partial charge in [-0.1, -0.05) is 12.1 Å². The number of aliphatic hydroxyl groups excluding tert-OH is 1. The van der Waals surface area contributed by atoms with Gasteiger partial charge in [-0.2, -0.15) is 0 Å². The van der Waals surface area contributed by atoms with Crippen LogP contribution in [0.2, 0.25) is 0 Å². The number of carbonyl (C=O) groups excluding carboxylic acids is 3. The maximum atomic E-state index is 13.5. The molecule has 0 radical (unpaired) electrons. The molecule has 3 aliphatic rings. The van der Waals surface area contributed by atoms with Crippen LogP contribution in [0, 0.1) is 17.8 Å². The van der Waals surface area contributed by atoms with E-state index in [0.717, 1.165) is 5.56 Å². The first-order valence-corrected chi connectivity index (χ1v) is 9.59. The van der Waals surface area contributed by atoms with Crippen LogP contribution in [0.4, 0.5) is 0 Å². The fraction of sp³-hybridized carbons (Fsp3) is 0.476. The third kappa shape index (κ3) is 2.55. The third-order valence-corrected chi connectivity index (χ3v) is 6.83. The van der Waals surface area contributed by atoms with Crippen molar-refractivity contribution < 1.29 is 29.7 Å². The fourth-order valence-corrected chi connectivity index (χ4v) is 5.50. The summed E-state index contributed by atoms with van der Waals surface area (Å²) >= 11 is 0. The highest BCUT2D eigenvalue weighted by Crippen LogP contribution is 2.51. The summed E-state index contributed by atoms with van der Waals surface area (Å²) in [6.07, 6.45) is 1.06.